The lowest BCUT2D eigenvalue weighted by atomic mass is 10.1. The average molecular weight is 267 g/mol. The Labute approximate surface area is 111 Å². The summed E-state index contributed by atoms with van der Waals surface area (Å²) in [5.41, 5.74) is 6.05. The van der Waals surface area contributed by atoms with Crippen molar-refractivity contribution in [3.05, 3.63) is 24.0 Å². The molecule has 104 valence electrons. The van der Waals surface area contributed by atoms with Gasteiger partial charge in [0.15, 0.2) is 0 Å². The van der Waals surface area contributed by atoms with Crippen molar-refractivity contribution in [3.8, 4) is 0 Å². The van der Waals surface area contributed by atoms with E-state index in [-0.39, 0.29) is 11.6 Å². The minimum Gasteiger partial charge on any atom is -0.326 e. The fraction of sp³-hybridized carbons (Fsp3) is 0.385. The first-order valence-corrected chi connectivity index (χ1v) is 6.07. The Balaban J connectivity index is 2.82. The molecule has 0 saturated heterocycles. The normalized spacial score (nSPS) is 11.8. The average Bonchev–Trinajstić information content (AvgIpc) is 2.33. The third-order valence-corrected chi connectivity index (χ3v) is 2.48. The predicted molar refractivity (Wildman–Crippen MR) is 72.2 cm³/mol. The van der Waals surface area contributed by atoms with Gasteiger partial charge in [-0.1, -0.05) is 13.3 Å². The van der Waals surface area contributed by atoms with Crippen LogP contribution in [0.2, 0.25) is 0 Å². The summed E-state index contributed by atoms with van der Waals surface area (Å²) in [6.45, 7) is 3.25. The van der Waals surface area contributed by atoms with Crippen LogP contribution in [0.1, 0.15) is 26.7 Å². The van der Waals surface area contributed by atoms with E-state index in [4.69, 9.17) is 5.73 Å². The first kappa shape index (κ1) is 15.1. The summed E-state index contributed by atoms with van der Waals surface area (Å²) in [6, 6.07) is 3.27. The summed E-state index contributed by atoms with van der Waals surface area (Å²) in [4.78, 5) is 22.6. The summed E-state index contributed by atoms with van der Waals surface area (Å²) in [5, 5.41) is 4.93. The maximum absolute atomic E-state index is 13.5. The third-order valence-electron chi connectivity index (χ3n) is 2.48. The maximum Gasteiger partial charge on any atom is 0.241 e. The van der Waals surface area contributed by atoms with Gasteiger partial charge in [-0.2, -0.15) is 0 Å². The topological polar surface area (TPSA) is 84.2 Å². The summed E-state index contributed by atoms with van der Waals surface area (Å²) < 4.78 is 13.5. The van der Waals surface area contributed by atoms with E-state index < -0.39 is 17.8 Å². The lowest BCUT2D eigenvalue weighted by Crippen LogP contribution is -2.35. The van der Waals surface area contributed by atoms with Crippen LogP contribution in [-0.4, -0.2) is 17.9 Å². The van der Waals surface area contributed by atoms with Gasteiger partial charge in [0.25, 0.3) is 0 Å². The number of carbonyl (C=O) groups is 2. The van der Waals surface area contributed by atoms with Crippen LogP contribution < -0.4 is 16.4 Å². The van der Waals surface area contributed by atoms with Crippen LogP contribution in [0, 0.1) is 5.82 Å². The Kier molecular flexibility index (Phi) is 5.44. The second kappa shape index (κ2) is 6.84. The molecule has 0 spiro atoms. The molecule has 1 aromatic carbocycles. The van der Waals surface area contributed by atoms with Crippen LogP contribution in [0.5, 0.6) is 0 Å². The maximum atomic E-state index is 13.5. The minimum atomic E-state index is -0.672. The molecule has 0 unspecified atom stereocenters. The van der Waals surface area contributed by atoms with Gasteiger partial charge in [0.05, 0.1) is 11.7 Å². The van der Waals surface area contributed by atoms with Crippen LogP contribution >= 0.6 is 0 Å². The van der Waals surface area contributed by atoms with E-state index in [1.165, 1.54) is 25.1 Å². The van der Waals surface area contributed by atoms with Gasteiger partial charge >= 0.3 is 0 Å². The quantitative estimate of drug-likeness (QED) is 0.761. The first-order chi connectivity index (χ1) is 8.93. The zero-order valence-electron chi connectivity index (χ0n) is 11.0. The van der Waals surface area contributed by atoms with Gasteiger partial charge in [-0.15, -0.1) is 0 Å². The van der Waals surface area contributed by atoms with E-state index in [0.717, 1.165) is 6.42 Å². The number of carbonyl (C=O) groups excluding carboxylic acids is 2. The van der Waals surface area contributed by atoms with Crippen LogP contribution in [0.4, 0.5) is 15.8 Å². The zero-order chi connectivity index (χ0) is 14.4. The number of hydrogen-bond donors (Lipinski definition) is 3. The Morgan fingerprint density at radius 3 is 2.63 bits per heavy atom. The zero-order valence-corrected chi connectivity index (χ0v) is 11.0. The third kappa shape index (κ3) is 4.67. The van der Waals surface area contributed by atoms with E-state index in [1.807, 2.05) is 6.92 Å². The van der Waals surface area contributed by atoms with Gasteiger partial charge in [-0.3, -0.25) is 9.59 Å². The molecule has 2 amide bonds. The second-order valence-electron chi connectivity index (χ2n) is 4.26. The van der Waals surface area contributed by atoms with E-state index in [2.05, 4.69) is 10.6 Å². The number of amides is 2. The molecule has 5 nitrogen and oxygen atoms in total. The van der Waals surface area contributed by atoms with Crippen molar-refractivity contribution in [2.24, 2.45) is 5.73 Å². The van der Waals surface area contributed by atoms with Crippen molar-refractivity contribution < 1.29 is 14.0 Å². The SMILES string of the molecule is CCC[C@@H](N)C(=O)Nc1cc(NC(C)=O)ccc1F. The van der Waals surface area contributed by atoms with Crippen LogP contribution in [0.15, 0.2) is 18.2 Å². The highest BCUT2D eigenvalue weighted by Gasteiger charge is 2.14. The van der Waals surface area contributed by atoms with Crippen molar-refractivity contribution >= 4 is 23.2 Å². The molecule has 6 heteroatoms. The summed E-state index contributed by atoms with van der Waals surface area (Å²) in [5.74, 6) is -1.29. The number of hydrogen-bond acceptors (Lipinski definition) is 3. The lowest BCUT2D eigenvalue weighted by molar-refractivity contribution is -0.117. The molecule has 0 aliphatic heterocycles. The van der Waals surface area contributed by atoms with Crippen LogP contribution in [0.3, 0.4) is 0 Å². The second-order valence-corrected chi connectivity index (χ2v) is 4.26. The number of rotatable bonds is 5. The first-order valence-electron chi connectivity index (χ1n) is 6.07. The highest BCUT2D eigenvalue weighted by Crippen LogP contribution is 2.20. The number of benzene rings is 1. The highest BCUT2D eigenvalue weighted by atomic mass is 19.1. The predicted octanol–water partition coefficient (Wildman–Crippen LogP) is 1.85. The number of anilines is 2. The molecule has 0 aliphatic rings. The molecule has 1 aromatic rings. The van der Waals surface area contributed by atoms with E-state index in [0.29, 0.717) is 12.1 Å². The molecule has 0 bridgehead atoms. The lowest BCUT2D eigenvalue weighted by Gasteiger charge is -2.13. The number of halogens is 1. The van der Waals surface area contributed by atoms with Crippen LogP contribution in [-0.2, 0) is 9.59 Å². The number of nitrogens with two attached hydrogens (primary N) is 1. The summed E-state index contributed by atoms with van der Waals surface area (Å²) in [7, 11) is 0. The molecular formula is C13H18FN3O2. The Bertz CT molecular complexity index is 477. The molecule has 0 fully saturated rings. The summed E-state index contributed by atoms with van der Waals surface area (Å²) >= 11 is 0. The van der Waals surface area contributed by atoms with Gasteiger partial charge in [-0.25, -0.2) is 4.39 Å². The largest absolute Gasteiger partial charge is 0.326 e. The molecule has 0 aromatic heterocycles. The molecule has 0 aliphatic carbocycles. The standard InChI is InChI=1S/C13H18FN3O2/c1-3-4-11(15)13(19)17-12-7-9(16-8(2)18)5-6-10(12)14/h5-7,11H,3-4,15H2,1-2H3,(H,16,18)(H,17,19)/t11-/m1/s1. The fourth-order valence-electron chi connectivity index (χ4n) is 1.57. The van der Waals surface area contributed by atoms with E-state index in [9.17, 15) is 14.0 Å². The monoisotopic (exact) mass is 267 g/mol. The minimum absolute atomic E-state index is 0.00260. The van der Waals surface area contributed by atoms with Crippen LogP contribution in [0.25, 0.3) is 0 Å². The van der Waals surface area contributed by atoms with Crippen molar-refractivity contribution in [3.63, 3.8) is 0 Å². The molecule has 0 radical (unpaired) electrons. The van der Waals surface area contributed by atoms with E-state index >= 15 is 0 Å². The van der Waals surface area contributed by atoms with Crippen molar-refractivity contribution in [1.29, 1.82) is 0 Å². The Hall–Kier alpha value is -1.95. The van der Waals surface area contributed by atoms with Gasteiger partial charge in [0.2, 0.25) is 11.8 Å². The van der Waals surface area contributed by atoms with Gasteiger partial charge in [-0.05, 0) is 24.6 Å². The van der Waals surface area contributed by atoms with Gasteiger partial charge < -0.3 is 16.4 Å². The smallest absolute Gasteiger partial charge is 0.241 e. The molecule has 1 rings (SSSR count). The van der Waals surface area contributed by atoms with Crippen molar-refractivity contribution in [2.75, 3.05) is 10.6 Å². The van der Waals surface area contributed by atoms with Gasteiger partial charge in [0, 0.05) is 12.6 Å². The fourth-order valence-corrected chi connectivity index (χ4v) is 1.57. The van der Waals surface area contributed by atoms with Crippen molar-refractivity contribution in [1.82, 2.24) is 0 Å². The molecule has 1 atom stereocenters. The van der Waals surface area contributed by atoms with E-state index in [1.54, 1.807) is 0 Å². The summed E-state index contributed by atoms with van der Waals surface area (Å²) in [6.07, 6.45) is 1.29. The number of nitrogens with one attached hydrogen (secondary N) is 2. The Morgan fingerprint density at radius 1 is 1.37 bits per heavy atom. The molecule has 0 heterocycles. The molecule has 19 heavy (non-hydrogen) atoms. The van der Waals surface area contributed by atoms with Gasteiger partial charge in [0.1, 0.15) is 5.82 Å². The molecule has 4 N–H and O–H groups in total. The highest BCUT2D eigenvalue weighted by molar-refractivity contribution is 5.96. The molecular weight excluding hydrogens is 249 g/mol. The molecule has 0 saturated carbocycles. The Morgan fingerprint density at radius 2 is 2.05 bits per heavy atom. The van der Waals surface area contributed by atoms with Crippen molar-refractivity contribution in [2.45, 2.75) is 32.7 Å².